The van der Waals surface area contributed by atoms with Gasteiger partial charge in [-0.25, -0.2) is 4.68 Å². The van der Waals surface area contributed by atoms with Gasteiger partial charge in [0.1, 0.15) is 0 Å². The van der Waals surface area contributed by atoms with E-state index >= 15 is 0 Å². The van der Waals surface area contributed by atoms with Crippen LogP contribution in [0.25, 0.3) is 5.69 Å². The van der Waals surface area contributed by atoms with Crippen LogP contribution >= 0.6 is 15.9 Å². The molecule has 0 spiro atoms. The number of aryl methyl sites for hydroxylation is 1. The van der Waals surface area contributed by atoms with Crippen LogP contribution < -0.4 is 5.32 Å². The maximum absolute atomic E-state index is 5.06. The van der Waals surface area contributed by atoms with Crippen LogP contribution in [0.2, 0.25) is 0 Å². The number of methoxy groups -OCH3 is 1. The summed E-state index contributed by atoms with van der Waals surface area (Å²) in [5, 5.41) is 8.06. The van der Waals surface area contributed by atoms with Crippen LogP contribution in [0.4, 0.5) is 0 Å². The first kappa shape index (κ1) is 16.2. The normalized spacial score (nSPS) is 11.1. The number of hydrogen-bond acceptors (Lipinski definition) is 3. The lowest BCUT2D eigenvalue weighted by atomic mass is 10.1. The third-order valence-electron chi connectivity index (χ3n) is 3.73. The maximum Gasteiger partial charge on any atom is 0.0705 e. The highest BCUT2D eigenvalue weighted by atomic mass is 79.9. The van der Waals surface area contributed by atoms with Crippen LogP contribution in [0.5, 0.6) is 0 Å². The highest BCUT2D eigenvalue weighted by Gasteiger charge is 2.12. The Hall–Kier alpha value is -1.17. The minimum Gasteiger partial charge on any atom is -0.383 e. The molecule has 0 fully saturated rings. The van der Waals surface area contributed by atoms with Gasteiger partial charge in [0.05, 0.1) is 18.0 Å². The highest BCUT2D eigenvalue weighted by molar-refractivity contribution is 9.10. The van der Waals surface area contributed by atoms with E-state index < -0.39 is 0 Å². The van der Waals surface area contributed by atoms with E-state index in [4.69, 9.17) is 4.74 Å². The van der Waals surface area contributed by atoms with Crippen molar-refractivity contribution >= 4 is 15.9 Å². The van der Waals surface area contributed by atoms with Crippen molar-refractivity contribution in [2.75, 3.05) is 20.3 Å². The molecule has 0 aliphatic rings. The second-order valence-electron chi connectivity index (χ2n) is 5.15. The van der Waals surface area contributed by atoms with Gasteiger partial charge in [0.15, 0.2) is 0 Å². The molecule has 0 radical (unpaired) electrons. The van der Waals surface area contributed by atoms with E-state index in [2.05, 4.69) is 58.4 Å². The summed E-state index contributed by atoms with van der Waals surface area (Å²) in [5.41, 5.74) is 5.84. The van der Waals surface area contributed by atoms with E-state index in [9.17, 15) is 0 Å². The second kappa shape index (κ2) is 7.20. The Morgan fingerprint density at radius 1 is 1.29 bits per heavy atom. The Kier molecular flexibility index (Phi) is 5.56. The zero-order valence-corrected chi connectivity index (χ0v) is 14.6. The number of aromatic nitrogens is 2. The monoisotopic (exact) mass is 351 g/mol. The van der Waals surface area contributed by atoms with Gasteiger partial charge in [-0.05, 0) is 44.0 Å². The molecule has 5 heteroatoms. The molecule has 1 heterocycles. The molecular weight excluding hydrogens is 330 g/mol. The summed E-state index contributed by atoms with van der Waals surface area (Å²) in [6.07, 6.45) is 0. The fourth-order valence-electron chi connectivity index (χ4n) is 2.24. The summed E-state index contributed by atoms with van der Waals surface area (Å²) < 4.78 is 8.15. The topological polar surface area (TPSA) is 39.1 Å². The summed E-state index contributed by atoms with van der Waals surface area (Å²) in [5.74, 6) is 0. The van der Waals surface area contributed by atoms with Crippen molar-refractivity contribution < 1.29 is 4.74 Å². The quantitative estimate of drug-likeness (QED) is 0.811. The van der Waals surface area contributed by atoms with E-state index in [1.54, 1.807) is 7.11 Å². The van der Waals surface area contributed by atoms with Crippen LogP contribution in [0.15, 0.2) is 22.7 Å². The fraction of sp³-hybridized carbons (Fsp3) is 0.438. The molecule has 21 heavy (non-hydrogen) atoms. The summed E-state index contributed by atoms with van der Waals surface area (Å²) in [4.78, 5) is 0. The van der Waals surface area contributed by atoms with Crippen molar-refractivity contribution in [1.29, 1.82) is 0 Å². The van der Waals surface area contributed by atoms with Gasteiger partial charge in [-0.2, -0.15) is 5.10 Å². The third kappa shape index (κ3) is 3.73. The number of rotatable bonds is 6. The summed E-state index contributed by atoms with van der Waals surface area (Å²) >= 11 is 3.56. The van der Waals surface area contributed by atoms with Crippen molar-refractivity contribution in [3.05, 3.63) is 45.2 Å². The van der Waals surface area contributed by atoms with Gasteiger partial charge in [-0.15, -0.1) is 0 Å². The van der Waals surface area contributed by atoms with Crippen LogP contribution in [0.3, 0.4) is 0 Å². The minimum absolute atomic E-state index is 0.713. The molecule has 0 aliphatic heterocycles. The molecule has 114 valence electrons. The fourth-order valence-corrected chi connectivity index (χ4v) is 2.59. The molecule has 0 aliphatic carbocycles. The Morgan fingerprint density at radius 2 is 2.05 bits per heavy atom. The molecule has 1 aromatic heterocycles. The van der Waals surface area contributed by atoms with Crippen LogP contribution in [-0.4, -0.2) is 30.0 Å². The Morgan fingerprint density at radius 3 is 2.67 bits per heavy atom. The zero-order valence-electron chi connectivity index (χ0n) is 13.0. The predicted molar refractivity (Wildman–Crippen MR) is 89.1 cm³/mol. The van der Waals surface area contributed by atoms with E-state index in [1.165, 1.54) is 16.8 Å². The van der Waals surface area contributed by atoms with E-state index in [-0.39, 0.29) is 0 Å². The second-order valence-corrected chi connectivity index (χ2v) is 6.07. The highest BCUT2D eigenvalue weighted by Crippen LogP contribution is 2.23. The Labute approximate surface area is 134 Å². The standard InChI is InChI=1S/C16H22BrN3O/c1-11-12(2)19-20(13(11)3)16-9-15(17)6-5-14(16)10-18-7-8-21-4/h5-6,9,18H,7-8,10H2,1-4H3. The van der Waals surface area contributed by atoms with Crippen molar-refractivity contribution in [3.8, 4) is 5.69 Å². The predicted octanol–water partition coefficient (Wildman–Crippen LogP) is 3.30. The number of ether oxygens (including phenoxy) is 1. The molecule has 2 aromatic rings. The average Bonchev–Trinajstić information content (AvgIpc) is 2.72. The lowest BCUT2D eigenvalue weighted by molar-refractivity contribution is 0.199. The molecular formula is C16H22BrN3O. The smallest absolute Gasteiger partial charge is 0.0705 e. The molecule has 0 amide bonds. The zero-order chi connectivity index (χ0) is 15.4. The van der Waals surface area contributed by atoms with Gasteiger partial charge in [-0.3, -0.25) is 0 Å². The first-order valence-corrected chi connectivity index (χ1v) is 7.85. The lowest BCUT2D eigenvalue weighted by Crippen LogP contribution is -2.20. The lowest BCUT2D eigenvalue weighted by Gasteiger charge is -2.13. The molecule has 4 nitrogen and oxygen atoms in total. The summed E-state index contributed by atoms with van der Waals surface area (Å²) in [6, 6.07) is 6.31. The van der Waals surface area contributed by atoms with Gasteiger partial charge < -0.3 is 10.1 Å². The third-order valence-corrected chi connectivity index (χ3v) is 4.22. The largest absolute Gasteiger partial charge is 0.383 e. The van der Waals surface area contributed by atoms with Crippen molar-refractivity contribution in [2.24, 2.45) is 0 Å². The van der Waals surface area contributed by atoms with Crippen molar-refractivity contribution in [3.63, 3.8) is 0 Å². The SMILES string of the molecule is COCCNCc1ccc(Br)cc1-n1nc(C)c(C)c1C. The number of nitrogens with zero attached hydrogens (tertiary/aromatic N) is 2. The molecule has 1 aromatic carbocycles. The summed E-state index contributed by atoms with van der Waals surface area (Å²) in [7, 11) is 1.71. The Balaban J connectivity index is 2.32. The molecule has 0 unspecified atom stereocenters. The number of nitrogens with one attached hydrogen (secondary N) is 1. The van der Waals surface area contributed by atoms with Crippen molar-refractivity contribution in [1.82, 2.24) is 15.1 Å². The molecule has 2 rings (SSSR count). The van der Waals surface area contributed by atoms with Gasteiger partial charge in [0, 0.05) is 30.4 Å². The maximum atomic E-state index is 5.06. The molecule has 0 atom stereocenters. The van der Waals surface area contributed by atoms with Gasteiger partial charge in [-0.1, -0.05) is 22.0 Å². The van der Waals surface area contributed by atoms with Gasteiger partial charge >= 0.3 is 0 Å². The average molecular weight is 352 g/mol. The minimum atomic E-state index is 0.713. The Bertz CT molecular complexity index is 622. The van der Waals surface area contributed by atoms with Gasteiger partial charge in [0.2, 0.25) is 0 Å². The van der Waals surface area contributed by atoms with E-state index in [0.29, 0.717) is 6.61 Å². The number of hydrogen-bond donors (Lipinski definition) is 1. The number of halogens is 1. The van der Waals surface area contributed by atoms with Crippen LogP contribution in [0.1, 0.15) is 22.5 Å². The first-order valence-electron chi connectivity index (χ1n) is 7.06. The number of benzene rings is 1. The summed E-state index contributed by atoms with van der Waals surface area (Å²) in [6.45, 7) is 8.62. The molecule has 0 bridgehead atoms. The molecule has 0 saturated carbocycles. The molecule has 1 N–H and O–H groups in total. The van der Waals surface area contributed by atoms with Crippen LogP contribution in [0, 0.1) is 20.8 Å². The van der Waals surface area contributed by atoms with E-state index in [1.807, 2.05) is 11.6 Å². The first-order chi connectivity index (χ1) is 10.0. The van der Waals surface area contributed by atoms with Gasteiger partial charge in [0.25, 0.3) is 0 Å². The van der Waals surface area contributed by atoms with Crippen molar-refractivity contribution in [2.45, 2.75) is 27.3 Å². The van der Waals surface area contributed by atoms with Crippen LogP contribution in [-0.2, 0) is 11.3 Å². The molecule has 0 saturated heterocycles. The van der Waals surface area contributed by atoms with E-state index in [0.717, 1.165) is 28.9 Å².